The molecule has 0 atom stereocenters. The molecule has 0 aliphatic heterocycles. The standard InChI is InChI=1S/C16H21N3OS/c1-4-12(5-2)15(20)18-10-14-11(3)19-16(21-14)13-7-6-8-17-9-13/h6-9,12H,4-5,10H2,1-3H3,(H,18,20). The van der Waals surface area contributed by atoms with Gasteiger partial charge in [-0.1, -0.05) is 13.8 Å². The molecule has 0 spiro atoms. The number of pyridine rings is 1. The molecule has 112 valence electrons. The molecule has 0 radical (unpaired) electrons. The molecule has 0 saturated carbocycles. The van der Waals surface area contributed by atoms with Crippen LogP contribution in [0.1, 0.15) is 37.3 Å². The lowest BCUT2D eigenvalue weighted by Crippen LogP contribution is -2.29. The van der Waals surface area contributed by atoms with Gasteiger partial charge in [-0.05, 0) is 31.9 Å². The van der Waals surface area contributed by atoms with Crippen molar-refractivity contribution in [2.24, 2.45) is 5.92 Å². The lowest BCUT2D eigenvalue weighted by atomic mass is 10.0. The average molecular weight is 303 g/mol. The first-order chi connectivity index (χ1) is 10.2. The second-order valence-corrected chi connectivity index (χ2v) is 6.08. The predicted molar refractivity (Wildman–Crippen MR) is 86.0 cm³/mol. The van der Waals surface area contributed by atoms with Gasteiger partial charge in [0.15, 0.2) is 0 Å². The number of hydrogen-bond donors (Lipinski definition) is 1. The third kappa shape index (κ3) is 3.88. The normalized spacial score (nSPS) is 10.9. The average Bonchev–Trinajstić information content (AvgIpc) is 2.88. The number of nitrogens with zero attached hydrogens (tertiary/aromatic N) is 2. The second-order valence-electron chi connectivity index (χ2n) is 5.00. The van der Waals surface area contributed by atoms with Crippen LogP contribution in [0.15, 0.2) is 24.5 Å². The predicted octanol–water partition coefficient (Wildman–Crippen LogP) is 3.57. The Morgan fingerprint density at radius 2 is 2.14 bits per heavy atom. The number of carbonyl (C=O) groups is 1. The molecule has 21 heavy (non-hydrogen) atoms. The fourth-order valence-electron chi connectivity index (χ4n) is 2.18. The molecule has 1 amide bonds. The Kier molecular flexibility index (Phi) is 5.44. The summed E-state index contributed by atoms with van der Waals surface area (Å²) in [5, 5.41) is 3.97. The van der Waals surface area contributed by atoms with Crippen molar-refractivity contribution in [3.63, 3.8) is 0 Å². The zero-order valence-electron chi connectivity index (χ0n) is 12.7. The van der Waals surface area contributed by atoms with Crippen molar-refractivity contribution >= 4 is 17.2 Å². The maximum absolute atomic E-state index is 12.0. The summed E-state index contributed by atoms with van der Waals surface area (Å²) in [6, 6.07) is 3.90. The van der Waals surface area contributed by atoms with Crippen LogP contribution in [0.4, 0.5) is 0 Å². The highest BCUT2D eigenvalue weighted by Gasteiger charge is 2.15. The van der Waals surface area contributed by atoms with Crippen LogP contribution in [0.2, 0.25) is 0 Å². The Bertz CT molecular complexity index is 591. The van der Waals surface area contributed by atoms with E-state index in [1.807, 2.05) is 39.1 Å². The molecule has 2 rings (SSSR count). The summed E-state index contributed by atoms with van der Waals surface area (Å²) >= 11 is 1.62. The topological polar surface area (TPSA) is 54.9 Å². The summed E-state index contributed by atoms with van der Waals surface area (Å²) in [6.07, 6.45) is 5.32. The number of rotatable bonds is 6. The minimum absolute atomic E-state index is 0.107. The molecular weight excluding hydrogens is 282 g/mol. The van der Waals surface area contributed by atoms with Crippen LogP contribution in [-0.4, -0.2) is 15.9 Å². The molecule has 0 fully saturated rings. The van der Waals surface area contributed by atoms with E-state index in [1.54, 1.807) is 17.5 Å². The SMILES string of the molecule is CCC(CC)C(=O)NCc1sc(-c2cccnc2)nc1C. The van der Waals surface area contributed by atoms with E-state index in [2.05, 4.69) is 15.3 Å². The third-order valence-electron chi connectivity index (χ3n) is 3.58. The van der Waals surface area contributed by atoms with Gasteiger partial charge in [0.1, 0.15) is 5.01 Å². The highest BCUT2D eigenvalue weighted by Crippen LogP contribution is 2.27. The minimum atomic E-state index is 0.107. The molecule has 0 aliphatic carbocycles. The van der Waals surface area contributed by atoms with Gasteiger partial charge < -0.3 is 5.32 Å². The highest BCUT2D eigenvalue weighted by molar-refractivity contribution is 7.15. The van der Waals surface area contributed by atoms with Crippen LogP contribution in [0.3, 0.4) is 0 Å². The van der Waals surface area contributed by atoms with Gasteiger partial charge in [0, 0.05) is 28.8 Å². The molecule has 0 bridgehead atoms. The summed E-state index contributed by atoms with van der Waals surface area (Å²) in [5.41, 5.74) is 1.99. The fourth-order valence-corrected chi connectivity index (χ4v) is 3.17. The first kappa shape index (κ1) is 15.6. The van der Waals surface area contributed by atoms with Gasteiger partial charge in [-0.2, -0.15) is 0 Å². The first-order valence-electron chi connectivity index (χ1n) is 7.30. The highest BCUT2D eigenvalue weighted by atomic mass is 32.1. The number of thiazole rings is 1. The Balaban J connectivity index is 2.05. The summed E-state index contributed by atoms with van der Waals surface area (Å²) < 4.78 is 0. The summed E-state index contributed by atoms with van der Waals surface area (Å²) in [4.78, 5) is 21.8. The van der Waals surface area contributed by atoms with Crippen molar-refractivity contribution in [3.8, 4) is 10.6 Å². The first-order valence-corrected chi connectivity index (χ1v) is 8.11. The van der Waals surface area contributed by atoms with Crippen LogP contribution in [0.25, 0.3) is 10.6 Å². The second kappa shape index (κ2) is 7.31. The number of amides is 1. The van der Waals surface area contributed by atoms with Crippen LogP contribution in [-0.2, 0) is 11.3 Å². The van der Waals surface area contributed by atoms with Crippen molar-refractivity contribution in [2.75, 3.05) is 0 Å². The summed E-state index contributed by atoms with van der Waals surface area (Å²) in [7, 11) is 0. The van der Waals surface area contributed by atoms with Crippen molar-refractivity contribution in [1.82, 2.24) is 15.3 Å². The molecular formula is C16H21N3OS. The summed E-state index contributed by atoms with van der Waals surface area (Å²) in [5.74, 6) is 0.242. The zero-order valence-corrected chi connectivity index (χ0v) is 13.5. The van der Waals surface area contributed by atoms with Crippen molar-refractivity contribution < 1.29 is 4.79 Å². The van der Waals surface area contributed by atoms with Gasteiger partial charge in [0.25, 0.3) is 0 Å². The van der Waals surface area contributed by atoms with E-state index in [4.69, 9.17) is 0 Å². The van der Waals surface area contributed by atoms with Crippen molar-refractivity contribution in [2.45, 2.75) is 40.2 Å². The quantitative estimate of drug-likeness (QED) is 0.887. The number of carbonyl (C=O) groups excluding carboxylic acids is 1. The third-order valence-corrected chi connectivity index (χ3v) is 4.79. The van der Waals surface area contributed by atoms with E-state index >= 15 is 0 Å². The lowest BCUT2D eigenvalue weighted by Gasteiger charge is -2.12. The lowest BCUT2D eigenvalue weighted by molar-refractivity contribution is -0.125. The van der Waals surface area contributed by atoms with Crippen LogP contribution in [0.5, 0.6) is 0 Å². The smallest absolute Gasteiger partial charge is 0.223 e. The summed E-state index contributed by atoms with van der Waals surface area (Å²) in [6.45, 7) is 6.63. The van der Waals surface area contributed by atoms with Gasteiger partial charge in [0.05, 0.1) is 12.2 Å². The maximum Gasteiger partial charge on any atom is 0.223 e. The largest absolute Gasteiger partial charge is 0.351 e. The van der Waals surface area contributed by atoms with Gasteiger partial charge >= 0.3 is 0 Å². The molecule has 0 aliphatic rings. The van der Waals surface area contributed by atoms with Gasteiger partial charge in [0.2, 0.25) is 5.91 Å². The van der Waals surface area contributed by atoms with Crippen LogP contribution in [0, 0.1) is 12.8 Å². The molecule has 0 aromatic carbocycles. The molecule has 0 saturated heterocycles. The maximum atomic E-state index is 12.0. The number of aryl methyl sites for hydroxylation is 1. The molecule has 0 unspecified atom stereocenters. The van der Waals surface area contributed by atoms with Crippen molar-refractivity contribution in [1.29, 1.82) is 0 Å². The Morgan fingerprint density at radius 3 is 2.76 bits per heavy atom. The van der Waals surface area contributed by atoms with Gasteiger partial charge in [-0.3, -0.25) is 9.78 Å². The van der Waals surface area contributed by atoms with Gasteiger partial charge in [-0.15, -0.1) is 11.3 Å². The van der Waals surface area contributed by atoms with Crippen LogP contribution < -0.4 is 5.32 Å². The number of aromatic nitrogens is 2. The Labute approximate surface area is 129 Å². The molecule has 2 aromatic rings. The minimum Gasteiger partial charge on any atom is -0.351 e. The van der Waals surface area contributed by atoms with Gasteiger partial charge in [-0.25, -0.2) is 4.98 Å². The van der Waals surface area contributed by atoms with E-state index < -0.39 is 0 Å². The van der Waals surface area contributed by atoms with E-state index in [0.717, 1.165) is 34.0 Å². The van der Waals surface area contributed by atoms with Crippen molar-refractivity contribution in [3.05, 3.63) is 35.1 Å². The Hall–Kier alpha value is -1.75. The Morgan fingerprint density at radius 1 is 1.38 bits per heavy atom. The molecule has 5 heteroatoms. The zero-order chi connectivity index (χ0) is 15.2. The molecule has 2 aromatic heterocycles. The van der Waals surface area contributed by atoms with E-state index in [1.165, 1.54) is 0 Å². The number of hydrogen-bond acceptors (Lipinski definition) is 4. The van der Waals surface area contributed by atoms with Crippen LogP contribution >= 0.6 is 11.3 Å². The molecule has 2 heterocycles. The molecule has 1 N–H and O–H groups in total. The fraction of sp³-hybridized carbons (Fsp3) is 0.438. The monoisotopic (exact) mass is 303 g/mol. The van der Waals surface area contributed by atoms with E-state index in [-0.39, 0.29) is 11.8 Å². The van der Waals surface area contributed by atoms with E-state index in [9.17, 15) is 4.79 Å². The number of nitrogens with one attached hydrogen (secondary N) is 1. The van der Waals surface area contributed by atoms with E-state index in [0.29, 0.717) is 6.54 Å². The molecule has 4 nitrogen and oxygen atoms in total.